The van der Waals surface area contributed by atoms with Crippen molar-refractivity contribution >= 4 is 30.6 Å². The van der Waals surface area contributed by atoms with Gasteiger partial charge in [0.05, 0.1) is 25.9 Å². The number of hydrogen-bond acceptors (Lipinski definition) is 2. The van der Waals surface area contributed by atoms with Crippen molar-refractivity contribution in [2.45, 2.75) is 26.6 Å². The third kappa shape index (κ3) is 3.65. The minimum Gasteiger partial charge on any atom is -0.495 e. The molecule has 0 aliphatic heterocycles. The van der Waals surface area contributed by atoms with Crippen molar-refractivity contribution in [3.63, 3.8) is 0 Å². The summed E-state index contributed by atoms with van der Waals surface area (Å²) in [6, 6.07) is 7.17. The van der Waals surface area contributed by atoms with E-state index >= 15 is 0 Å². The van der Waals surface area contributed by atoms with E-state index in [1.165, 1.54) is 7.11 Å². The predicted molar refractivity (Wildman–Crippen MR) is 98.4 cm³/mol. The maximum atomic E-state index is 14.5. The third-order valence-corrected chi connectivity index (χ3v) is 6.22. The Morgan fingerprint density at radius 2 is 1.91 bits per heavy atom. The quantitative estimate of drug-likeness (QED) is 0.571. The highest BCUT2D eigenvalue weighted by Gasteiger charge is 2.21. The van der Waals surface area contributed by atoms with Gasteiger partial charge >= 0.3 is 0 Å². The average molecular weight is 350 g/mol. The van der Waals surface area contributed by atoms with Gasteiger partial charge in [-0.05, 0) is 29.8 Å². The van der Waals surface area contributed by atoms with Crippen molar-refractivity contribution < 1.29 is 9.13 Å². The first-order chi connectivity index (χ1) is 10.6. The van der Waals surface area contributed by atoms with E-state index in [1.807, 2.05) is 25.1 Å². The van der Waals surface area contributed by atoms with Crippen LogP contribution >= 0.6 is 11.6 Å². The summed E-state index contributed by atoms with van der Waals surface area (Å²) >= 11 is 6.27. The van der Waals surface area contributed by atoms with Crippen LogP contribution in [0.4, 0.5) is 4.39 Å². The van der Waals surface area contributed by atoms with Gasteiger partial charge in [0.2, 0.25) is 0 Å². The molecule has 0 bridgehead atoms. The Balaban J connectivity index is 2.57. The van der Waals surface area contributed by atoms with Crippen molar-refractivity contribution in [2.75, 3.05) is 7.11 Å². The Bertz CT molecular complexity index is 768. The van der Waals surface area contributed by atoms with E-state index in [4.69, 9.17) is 16.3 Å². The van der Waals surface area contributed by atoms with E-state index in [0.29, 0.717) is 22.2 Å². The van der Waals surface area contributed by atoms with Gasteiger partial charge in [0.15, 0.2) is 0 Å². The zero-order valence-electron chi connectivity index (χ0n) is 14.1. The van der Waals surface area contributed by atoms with Crippen molar-refractivity contribution in [2.24, 2.45) is 0 Å². The number of ether oxygens (including phenoxy) is 1. The molecule has 0 atom stereocenters. The number of hydrogen-bond donors (Lipinski definition) is 0. The van der Waals surface area contributed by atoms with Crippen LogP contribution in [0, 0.1) is 12.7 Å². The number of nitrogens with zero attached hydrogens (tertiary/aromatic N) is 1. The molecule has 0 aliphatic rings. The van der Waals surface area contributed by atoms with Gasteiger partial charge in [0.1, 0.15) is 17.3 Å². The number of aryl methyl sites for hydroxylation is 1. The van der Waals surface area contributed by atoms with E-state index in [2.05, 4.69) is 31.2 Å². The fourth-order valence-corrected chi connectivity index (χ4v) is 3.94. The lowest BCUT2D eigenvalue weighted by Gasteiger charge is -2.18. The Morgan fingerprint density at radius 3 is 2.43 bits per heavy atom. The number of halogens is 2. The molecule has 0 unspecified atom stereocenters. The molecule has 1 heterocycles. The second-order valence-electron chi connectivity index (χ2n) is 6.56. The van der Waals surface area contributed by atoms with Gasteiger partial charge in [-0.2, -0.15) is 0 Å². The lowest BCUT2D eigenvalue weighted by molar-refractivity contribution is 0.369. The van der Waals surface area contributed by atoms with Crippen LogP contribution in [0.1, 0.15) is 11.3 Å². The predicted octanol–water partition coefficient (Wildman–Crippen LogP) is 5.01. The summed E-state index contributed by atoms with van der Waals surface area (Å²) in [5.41, 5.74) is 2.70. The number of methoxy groups -OCH3 is 1. The summed E-state index contributed by atoms with van der Waals surface area (Å²) in [6.45, 7) is 12.1. The highest BCUT2D eigenvalue weighted by atomic mass is 35.5. The van der Waals surface area contributed by atoms with E-state index < -0.39 is 8.07 Å². The van der Waals surface area contributed by atoms with Crippen molar-refractivity contribution in [1.29, 1.82) is 0 Å². The number of pyridine rings is 1. The summed E-state index contributed by atoms with van der Waals surface area (Å²) in [5, 5.41) is 1.31. The molecule has 1 aromatic carbocycles. The molecular weight excluding hydrogens is 329 g/mol. The second-order valence-corrected chi connectivity index (χ2v) is 12.0. The summed E-state index contributed by atoms with van der Waals surface area (Å²) in [7, 11) is -0.188. The lowest BCUT2D eigenvalue weighted by Crippen LogP contribution is -2.39. The molecule has 2 rings (SSSR count). The van der Waals surface area contributed by atoms with Gasteiger partial charge in [-0.15, -0.1) is 0 Å². The van der Waals surface area contributed by atoms with Gasteiger partial charge in [-0.25, -0.2) is 9.37 Å². The molecular formula is C18H21ClFNOSi. The first-order valence-electron chi connectivity index (χ1n) is 7.36. The van der Waals surface area contributed by atoms with Gasteiger partial charge in [-0.3, -0.25) is 0 Å². The molecule has 5 heteroatoms. The molecule has 1 aromatic heterocycles. The van der Waals surface area contributed by atoms with Gasteiger partial charge < -0.3 is 4.74 Å². The highest BCUT2D eigenvalue weighted by Crippen LogP contribution is 2.29. The third-order valence-electron chi connectivity index (χ3n) is 3.72. The van der Waals surface area contributed by atoms with Crippen LogP contribution in [-0.4, -0.2) is 20.2 Å². The lowest BCUT2D eigenvalue weighted by atomic mass is 10.1. The summed E-state index contributed by atoms with van der Waals surface area (Å²) in [4.78, 5) is 4.50. The molecule has 0 radical (unpaired) electrons. The SMILES string of the molecule is C=C(OC)c1nc(-c2ccc([Si](C)(C)C)c(F)c2)cc(C)c1Cl. The average Bonchev–Trinajstić information content (AvgIpc) is 2.47. The molecule has 23 heavy (non-hydrogen) atoms. The van der Waals surface area contributed by atoms with Gasteiger partial charge in [0, 0.05) is 5.56 Å². The van der Waals surface area contributed by atoms with Gasteiger partial charge in [-0.1, -0.05) is 50.0 Å². The zero-order valence-corrected chi connectivity index (χ0v) is 15.9. The minimum absolute atomic E-state index is 0.178. The van der Waals surface area contributed by atoms with Crippen LogP contribution < -0.4 is 5.19 Å². The zero-order chi connectivity index (χ0) is 17.4. The number of rotatable bonds is 4. The first-order valence-corrected chi connectivity index (χ1v) is 11.2. The molecule has 0 spiro atoms. The summed E-state index contributed by atoms with van der Waals surface area (Å²) < 4.78 is 19.6. The molecule has 2 nitrogen and oxygen atoms in total. The van der Waals surface area contributed by atoms with Gasteiger partial charge in [0.25, 0.3) is 0 Å². The smallest absolute Gasteiger partial charge is 0.138 e. The van der Waals surface area contributed by atoms with Crippen LogP contribution in [0.15, 0.2) is 30.8 Å². The fraction of sp³-hybridized carbons (Fsp3) is 0.278. The van der Waals surface area contributed by atoms with Crippen LogP contribution in [0.5, 0.6) is 0 Å². The summed E-state index contributed by atoms with van der Waals surface area (Å²) in [5.74, 6) is 0.210. The minimum atomic E-state index is -1.71. The maximum absolute atomic E-state index is 14.5. The van der Waals surface area contributed by atoms with Crippen LogP contribution in [0.2, 0.25) is 24.7 Å². The van der Waals surface area contributed by atoms with Crippen LogP contribution in [-0.2, 0) is 4.74 Å². The monoisotopic (exact) mass is 349 g/mol. The van der Waals surface area contributed by atoms with Crippen molar-refractivity contribution in [3.8, 4) is 11.3 Å². The van der Waals surface area contributed by atoms with Crippen molar-refractivity contribution in [1.82, 2.24) is 4.98 Å². The largest absolute Gasteiger partial charge is 0.495 e. The van der Waals surface area contributed by atoms with E-state index in [9.17, 15) is 4.39 Å². The first kappa shape index (κ1) is 17.7. The Hall–Kier alpha value is -1.65. The maximum Gasteiger partial charge on any atom is 0.138 e. The topological polar surface area (TPSA) is 22.1 Å². The van der Waals surface area contributed by atoms with E-state index in [0.717, 1.165) is 16.3 Å². The molecule has 2 aromatic rings. The second kappa shape index (κ2) is 6.46. The number of benzene rings is 1. The Morgan fingerprint density at radius 1 is 1.26 bits per heavy atom. The molecule has 0 amide bonds. The molecule has 0 aliphatic carbocycles. The standard InChI is InChI=1S/C18H21ClFNOSi/c1-11-9-15(21-18(17(11)19)12(2)22-3)13-7-8-16(14(20)10-13)23(4,5)6/h7-10H,2H2,1,3-6H3. The van der Waals surface area contributed by atoms with E-state index in [-0.39, 0.29) is 5.82 Å². The van der Waals surface area contributed by atoms with E-state index in [1.54, 1.807) is 6.07 Å². The molecule has 0 N–H and O–H groups in total. The molecule has 0 saturated heterocycles. The fourth-order valence-electron chi connectivity index (χ4n) is 2.37. The number of aromatic nitrogens is 1. The Kier molecular flexibility index (Phi) is 4.97. The molecule has 122 valence electrons. The summed E-state index contributed by atoms with van der Waals surface area (Å²) in [6.07, 6.45) is 0. The highest BCUT2D eigenvalue weighted by molar-refractivity contribution is 6.88. The molecule has 0 saturated carbocycles. The van der Waals surface area contributed by atoms with Crippen LogP contribution in [0.25, 0.3) is 17.0 Å². The Labute approximate surface area is 143 Å². The normalized spacial score (nSPS) is 11.4. The molecule has 0 fully saturated rings. The van der Waals surface area contributed by atoms with Crippen LogP contribution in [0.3, 0.4) is 0 Å². The van der Waals surface area contributed by atoms with Crippen molar-refractivity contribution in [3.05, 3.63) is 52.9 Å².